The third-order valence-electron chi connectivity index (χ3n) is 5.05. The number of rotatable bonds is 4. The van der Waals surface area contributed by atoms with Crippen molar-refractivity contribution in [3.05, 3.63) is 59.9 Å². The van der Waals surface area contributed by atoms with Gasteiger partial charge in [-0.25, -0.2) is 4.39 Å². The number of ether oxygens (including phenoxy) is 1. The van der Waals surface area contributed by atoms with E-state index in [2.05, 4.69) is 10.1 Å². The highest BCUT2D eigenvalue weighted by Gasteiger charge is 2.30. The summed E-state index contributed by atoms with van der Waals surface area (Å²) in [4.78, 5) is 17.0. The number of aromatic nitrogens is 1. The van der Waals surface area contributed by atoms with Gasteiger partial charge in [0.25, 0.3) is 5.91 Å². The van der Waals surface area contributed by atoms with Gasteiger partial charge in [0.1, 0.15) is 22.8 Å². The summed E-state index contributed by atoms with van der Waals surface area (Å²) in [5.74, 6) is -0.124. The summed E-state index contributed by atoms with van der Waals surface area (Å²) in [6.45, 7) is 2.30. The molecule has 1 aromatic heterocycles. The average molecular weight is 396 g/mol. The summed E-state index contributed by atoms with van der Waals surface area (Å²) in [5.41, 5.74) is 7.31. The highest BCUT2D eigenvalue weighted by molar-refractivity contribution is 6.03. The van der Waals surface area contributed by atoms with Crippen LogP contribution in [0.2, 0.25) is 0 Å². The number of hydrogen-bond acceptors (Lipinski definition) is 6. The maximum Gasteiger partial charge on any atom is 0.261 e. The van der Waals surface area contributed by atoms with Crippen LogP contribution in [0.25, 0.3) is 11.3 Å². The second-order valence-electron chi connectivity index (χ2n) is 6.73. The molecule has 1 aliphatic heterocycles. The molecular formula is C21H21FN4O3. The van der Waals surface area contributed by atoms with E-state index >= 15 is 0 Å². The van der Waals surface area contributed by atoms with E-state index in [0.717, 1.165) is 11.4 Å². The van der Waals surface area contributed by atoms with Crippen molar-refractivity contribution in [3.63, 3.8) is 0 Å². The summed E-state index contributed by atoms with van der Waals surface area (Å²) >= 11 is 0. The van der Waals surface area contributed by atoms with Gasteiger partial charge in [-0.3, -0.25) is 4.79 Å². The molecule has 1 saturated heterocycles. The lowest BCUT2D eigenvalue weighted by atomic mass is 10.1. The van der Waals surface area contributed by atoms with E-state index < -0.39 is 5.82 Å². The van der Waals surface area contributed by atoms with Crippen molar-refractivity contribution < 1.29 is 18.4 Å². The molecule has 0 bridgehead atoms. The summed E-state index contributed by atoms with van der Waals surface area (Å²) in [5, 5.41) is 3.83. The lowest BCUT2D eigenvalue weighted by Crippen LogP contribution is -2.49. The molecule has 1 fully saturated rings. The van der Waals surface area contributed by atoms with Crippen LogP contribution in [-0.4, -0.2) is 49.3 Å². The molecule has 0 saturated carbocycles. The highest BCUT2D eigenvalue weighted by atomic mass is 19.1. The Morgan fingerprint density at radius 3 is 2.62 bits per heavy atom. The van der Waals surface area contributed by atoms with Gasteiger partial charge in [-0.2, -0.15) is 0 Å². The number of halogens is 1. The molecule has 0 aliphatic carbocycles. The van der Waals surface area contributed by atoms with Gasteiger partial charge in [-0.1, -0.05) is 23.4 Å². The molecule has 29 heavy (non-hydrogen) atoms. The minimum Gasteiger partial charge on any atom is -0.497 e. The number of benzene rings is 2. The van der Waals surface area contributed by atoms with Gasteiger partial charge in [0, 0.05) is 43.5 Å². The van der Waals surface area contributed by atoms with Crippen LogP contribution >= 0.6 is 0 Å². The van der Waals surface area contributed by atoms with E-state index in [4.69, 9.17) is 15.0 Å². The lowest BCUT2D eigenvalue weighted by molar-refractivity contribution is 0.0748. The predicted molar refractivity (Wildman–Crippen MR) is 107 cm³/mol. The minimum atomic E-state index is -0.488. The number of nitrogen functional groups attached to an aromatic ring is 1. The molecule has 8 heteroatoms. The third-order valence-corrected chi connectivity index (χ3v) is 5.05. The fourth-order valence-corrected chi connectivity index (χ4v) is 3.48. The number of carbonyl (C=O) groups is 1. The quantitative estimate of drug-likeness (QED) is 0.730. The number of hydrogen-bond donors (Lipinski definition) is 1. The standard InChI is InChI=1S/C21H21FN4O3/c1-28-15-6-4-5-14(13-15)25-9-11-26(12-10-25)21(27)18-19(24-29-20(18)23)16-7-2-3-8-17(16)22/h2-8,13H,9-12,23H2,1H3. The molecule has 1 aliphatic rings. The number of amides is 1. The Bertz CT molecular complexity index is 1030. The van der Waals surface area contributed by atoms with Crippen LogP contribution in [0.3, 0.4) is 0 Å². The van der Waals surface area contributed by atoms with Gasteiger partial charge in [0.2, 0.25) is 5.88 Å². The van der Waals surface area contributed by atoms with Gasteiger partial charge in [0.15, 0.2) is 0 Å². The second-order valence-corrected chi connectivity index (χ2v) is 6.73. The number of methoxy groups -OCH3 is 1. The molecule has 0 atom stereocenters. The normalized spacial score (nSPS) is 14.1. The number of piperazine rings is 1. The summed E-state index contributed by atoms with van der Waals surface area (Å²) in [7, 11) is 1.63. The third kappa shape index (κ3) is 3.61. The first kappa shape index (κ1) is 18.8. The Kier molecular flexibility index (Phi) is 5.07. The molecule has 1 amide bonds. The maximum absolute atomic E-state index is 14.2. The molecule has 3 aromatic rings. The zero-order valence-corrected chi connectivity index (χ0v) is 16.0. The minimum absolute atomic E-state index is 0.102. The van der Waals surface area contributed by atoms with E-state index in [1.165, 1.54) is 6.07 Å². The average Bonchev–Trinajstić information content (AvgIpc) is 3.15. The second kappa shape index (κ2) is 7.83. The molecule has 7 nitrogen and oxygen atoms in total. The van der Waals surface area contributed by atoms with E-state index in [1.54, 1.807) is 30.2 Å². The van der Waals surface area contributed by atoms with Crippen molar-refractivity contribution in [2.75, 3.05) is 43.9 Å². The topological polar surface area (TPSA) is 84.8 Å². The monoisotopic (exact) mass is 396 g/mol. The van der Waals surface area contributed by atoms with Crippen LogP contribution in [0, 0.1) is 5.82 Å². The molecule has 2 heterocycles. The lowest BCUT2D eigenvalue weighted by Gasteiger charge is -2.36. The van der Waals surface area contributed by atoms with Crippen LogP contribution in [-0.2, 0) is 0 Å². The molecule has 0 unspecified atom stereocenters. The molecule has 0 spiro atoms. The predicted octanol–water partition coefficient (Wildman–Crippen LogP) is 3.03. The van der Waals surface area contributed by atoms with Crippen molar-refractivity contribution in [2.45, 2.75) is 0 Å². The first-order valence-electron chi connectivity index (χ1n) is 9.27. The first-order chi connectivity index (χ1) is 14.1. The number of carbonyl (C=O) groups excluding carboxylic acids is 1. The van der Waals surface area contributed by atoms with Crippen molar-refractivity contribution >= 4 is 17.5 Å². The van der Waals surface area contributed by atoms with E-state index in [1.807, 2.05) is 24.3 Å². The van der Waals surface area contributed by atoms with Crippen molar-refractivity contribution in [1.29, 1.82) is 0 Å². The van der Waals surface area contributed by atoms with Gasteiger partial charge < -0.3 is 24.8 Å². The molecule has 0 radical (unpaired) electrons. The Hall–Kier alpha value is -3.55. The van der Waals surface area contributed by atoms with E-state index in [9.17, 15) is 9.18 Å². The van der Waals surface area contributed by atoms with E-state index in [-0.39, 0.29) is 28.6 Å². The summed E-state index contributed by atoms with van der Waals surface area (Å²) in [6.07, 6.45) is 0. The van der Waals surface area contributed by atoms with Gasteiger partial charge in [-0.15, -0.1) is 0 Å². The van der Waals surface area contributed by atoms with Crippen LogP contribution in [0.5, 0.6) is 5.75 Å². The SMILES string of the molecule is COc1cccc(N2CCN(C(=O)c3c(-c4ccccc4F)noc3N)CC2)c1. The Labute approximate surface area is 167 Å². The van der Waals surface area contributed by atoms with Gasteiger partial charge in [0.05, 0.1) is 7.11 Å². The van der Waals surface area contributed by atoms with Crippen LogP contribution in [0.15, 0.2) is 53.1 Å². The summed E-state index contributed by atoms with van der Waals surface area (Å²) < 4.78 is 24.5. The first-order valence-corrected chi connectivity index (χ1v) is 9.27. The van der Waals surface area contributed by atoms with Gasteiger partial charge in [-0.05, 0) is 24.3 Å². The fraction of sp³-hybridized carbons (Fsp3) is 0.238. The molecule has 150 valence electrons. The highest BCUT2D eigenvalue weighted by Crippen LogP contribution is 2.30. The fourth-order valence-electron chi connectivity index (χ4n) is 3.48. The van der Waals surface area contributed by atoms with Crippen LogP contribution < -0.4 is 15.4 Å². The number of anilines is 2. The molecular weight excluding hydrogens is 375 g/mol. The number of nitrogens with two attached hydrogens (primary N) is 1. The van der Waals surface area contributed by atoms with Crippen molar-refractivity contribution in [1.82, 2.24) is 10.1 Å². The molecule has 4 rings (SSSR count). The summed E-state index contributed by atoms with van der Waals surface area (Å²) in [6, 6.07) is 13.9. The Morgan fingerprint density at radius 2 is 1.90 bits per heavy atom. The zero-order valence-electron chi connectivity index (χ0n) is 16.0. The van der Waals surface area contributed by atoms with Gasteiger partial charge >= 0.3 is 0 Å². The largest absolute Gasteiger partial charge is 0.497 e. The molecule has 2 aromatic carbocycles. The van der Waals surface area contributed by atoms with Crippen molar-refractivity contribution in [2.24, 2.45) is 0 Å². The van der Waals surface area contributed by atoms with Crippen molar-refractivity contribution in [3.8, 4) is 17.0 Å². The smallest absolute Gasteiger partial charge is 0.261 e. The number of nitrogens with zero attached hydrogens (tertiary/aromatic N) is 3. The van der Waals surface area contributed by atoms with Crippen LogP contribution in [0.1, 0.15) is 10.4 Å². The maximum atomic E-state index is 14.2. The Morgan fingerprint density at radius 1 is 1.14 bits per heavy atom. The Balaban J connectivity index is 1.52. The van der Waals surface area contributed by atoms with Crippen LogP contribution in [0.4, 0.5) is 16.0 Å². The molecule has 2 N–H and O–H groups in total. The zero-order chi connectivity index (χ0) is 20.4. The van der Waals surface area contributed by atoms with E-state index in [0.29, 0.717) is 26.2 Å².